The van der Waals surface area contributed by atoms with Gasteiger partial charge in [-0.3, -0.25) is 10.1 Å². The summed E-state index contributed by atoms with van der Waals surface area (Å²) in [5.74, 6) is 0. The summed E-state index contributed by atoms with van der Waals surface area (Å²) in [6.07, 6.45) is 1.76. The number of ether oxygens (including phenoxy) is 2. The molecule has 26 heavy (non-hydrogen) atoms. The van der Waals surface area contributed by atoms with Crippen LogP contribution in [0.1, 0.15) is 33.3 Å². The molecule has 144 valence electrons. The Hall–Kier alpha value is -2.35. The smallest absolute Gasteiger partial charge is 0.509 e. The number of nitro groups is 1. The van der Waals surface area contributed by atoms with Crippen molar-refractivity contribution in [3.8, 4) is 0 Å². The van der Waals surface area contributed by atoms with Gasteiger partial charge in [-0.25, -0.2) is 4.79 Å². The molecule has 1 aromatic rings. The monoisotopic (exact) mass is 381 g/mol. The summed E-state index contributed by atoms with van der Waals surface area (Å²) in [4.78, 5) is 22.2. The number of carbonyl (C=O) groups is 1. The van der Waals surface area contributed by atoms with Crippen molar-refractivity contribution in [3.63, 3.8) is 0 Å². The third-order valence-electron chi connectivity index (χ3n) is 4.33. The van der Waals surface area contributed by atoms with Crippen molar-refractivity contribution in [2.45, 2.75) is 58.5 Å². The minimum atomic E-state index is -1.91. The van der Waals surface area contributed by atoms with Crippen LogP contribution in [0.25, 0.3) is 0 Å². The SMILES string of the molecule is CC(C=CO[Si](C)(C)C(C)(C)C)OC(=O)OCc1ccccc1[N+](=O)[O-]. The van der Waals surface area contributed by atoms with Crippen LogP contribution in [0.2, 0.25) is 18.1 Å². The second-order valence-electron chi connectivity index (χ2n) is 7.45. The van der Waals surface area contributed by atoms with Crippen LogP contribution in [0.3, 0.4) is 0 Å². The lowest BCUT2D eigenvalue weighted by atomic mass is 10.2. The van der Waals surface area contributed by atoms with Gasteiger partial charge in [0.2, 0.25) is 8.32 Å². The molecular weight excluding hydrogens is 354 g/mol. The highest BCUT2D eigenvalue weighted by Crippen LogP contribution is 2.36. The summed E-state index contributed by atoms with van der Waals surface area (Å²) in [6, 6.07) is 6.07. The molecule has 0 aliphatic carbocycles. The van der Waals surface area contributed by atoms with E-state index < -0.39 is 25.5 Å². The van der Waals surface area contributed by atoms with Crippen molar-refractivity contribution in [2.24, 2.45) is 0 Å². The minimum Gasteiger partial charge on any atom is -0.549 e. The Bertz CT molecular complexity index is 666. The Morgan fingerprint density at radius 2 is 1.92 bits per heavy atom. The quantitative estimate of drug-likeness (QED) is 0.213. The van der Waals surface area contributed by atoms with Crippen molar-refractivity contribution >= 4 is 20.2 Å². The molecule has 7 nitrogen and oxygen atoms in total. The molecule has 1 unspecified atom stereocenters. The van der Waals surface area contributed by atoms with Gasteiger partial charge >= 0.3 is 6.16 Å². The molecule has 0 N–H and O–H groups in total. The van der Waals surface area contributed by atoms with Gasteiger partial charge in [0, 0.05) is 6.07 Å². The average Bonchev–Trinajstić information content (AvgIpc) is 2.51. The highest BCUT2D eigenvalue weighted by atomic mass is 28.4. The van der Waals surface area contributed by atoms with Crippen molar-refractivity contribution in [2.75, 3.05) is 0 Å². The zero-order valence-electron chi connectivity index (χ0n) is 16.1. The Morgan fingerprint density at radius 1 is 1.31 bits per heavy atom. The van der Waals surface area contributed by atoms with Crippen LogP contribution in [0.4, 0.5) is 10.5 Å². The summed E-state index contributed by atoms with van der Waals surface area (Å²) >= 11 is 0. The maximum Gasteiger partial charge on any atom is 0.509 e. The van der Waals surface area contributed by atoms with Gasteiger partial charge in [0.15, 0.2) is 0 Å². The number of para-hydroxylation sites is 1. The molecule has 0 saturated heterocycles. The summed E-state index contributed by atoms with van der Waals surface area (Å²) < 4.78 is 15.9. The molecule has 1 atom stereocenters. The van der Waals surface area contributed by atoms with Crippen LogP contribution in [0.15, 0.2) is 36.6 Å². The topological polar surface area (TPSA) is 87.9 Å². The molecule has 0 radical (unpaired) electrons. The van der Waals surface area contributed by atoms with Crippen molar-refractivity contribution in [3.05, 3.63) is 52.3 Å². The maximum absolute atomic E-state index is 11.7. The van der Waals surface area contributed by atoms with Crippen LogP contribution < -0.4 is 0 Å². The normalized spacial score (nSPS) is 13.3. The van der Waals surface area contributed by atoms with Crippen molar-refractivity contribution in [1.82, 2.24) is 0 Å². The molecule has 8 heteroatoms. The van der Waals surface area contributed by atoms with E-state index in [0.717, 1.165) is 0 Å². The number of carbonyl (C=O) groups excluding carboxylic acids is 1. The highest BCUT2D eigenvalue weighted by molar-refractivity contribution is 6.74. The van der Waals surface area contributed by atoms with Crippen molar-refractivity contribution < 1.29 is 23.6 Å². The molecule has 0 amide bonds. The number of nitrogens with zero attached hydrogens (tertiary/aromatic N) is 1. The molecule has 0 aromatic heterocycles. The lowest BCUT2D eigenvalue weighted by Gasteiger charge is -2.35. The van der Waals surface area contributed by atoms with E-state index in [0.29, 0.717) is 5.56 Å². The standard InChI is InChI=1S/C18H27NO6Si/c1-14(11-12-24-26(5,6)18(2,3)4)25-17(20)23-13-15-9-7-8-10-16(15)19(21)22/h7-12,14H,13H2,1-6H3. The second kappa shape index (κ2) is 8.84. The lowest BCUT2D eigenvalue weighted by molar-refractivity contribution is -0.385. The third-order valence-corrected chi connectivity index (χ3v) is 8.67. The number of nitro benzene ring substituents is 1. The van der Waals surface area contributed by atoms with E-state index in [1.54, 1.807) is 31.4 Å². The molecule has 1 rings (SSSR count). The number of benzene rings is 1. The molecule has 0 aliphatic rings. The summed E-state index contributed by atoms with van der Waals surface area (Å²) in [5, 5.41) is 11.0. The molecule has 0 fully saturated rings. The second-order valence-corrected chi connectivity index (χ2v) is 12.2. The maximum atomic E-state index is 11.7. The number of hydrogen-bond donors (Lipinski definition) is 0. The fraction of sp³-hybridized carbons (Fsp3) is 0.500. The predicted molar refractivity (Wildman–Crippen MR) is 101 cm³/mol. The van der Waals surface area contributed by atoms with Crippen LogP contribution >= 0.6 is 0 Å². The Kier molecular flexibility index (Phi) is 7.37. The van der Waals surface area contributed by atoms with Gasteiger partial charge in [-0.1, -0.05) is 32.9 Å². The Balaban J connectivity index is 2.51. The summed E-state index contributed by atoms with van der Waals surface area (Å²) in [7, 11) is -1.91. The van der Waals surface area contributed by atoms with E-state index in [2.05, 4.69) is 33.9 Å². The van der Waals surface area contributed by atoms with Gasteiger partial charge in [-0.15, -0.1) is 0 Å². The average molecular weight is 382 g/mol. The molecular formula is C18H27NO6Si. The summed E-state index contributed by atoms with van der Waals surface area (Å²) in [6.45, 7) is 12.1. The van der Waals surface area contributed by atoms with Gasteiger partial charge in [0.25, 0.3) is 5.69 Å². The molecule has 1 aromatic carbocycles. The first-order chi connectivity index (χ1) is 11.9. The number of rotatable bonds is 7. The van der Waals surface area contributed by atoms with Crippen molar-refractivity contribution in [1.29, 1.82) is 0 Å². The van der Waals surface area contributed by atoms with E-state index in [-0.39, 0.29) is 17.3 Å². The third kappa shape index (κ3) is 6.51. The van der Waals surface area contributed by atoms with Gasteiger partial charge < -0.3 is 13.9 Å². The Morgan fingerprint density at radius 3 is 2.50 bits per heavy atom. The first-order valence-electron chi connectivity index (χ1n) is 8.34. The lowest BCUT2D eigenvalue weighted by Crippen LogP contribution is -2.39. The van der Waals surface area contributed by atoms with Crippen LogP contribution in [0, 0.1) is 10.1 Å². The fourth-order valence-corrected chi connectivity index (χ4v) is 2.44. The van der Waals surface area contributed by atoms with E-state index in [9.17, 15) is 14.9 Å². The minimum absolute atomic E-state index is 0.0742. The molecule has 0 heterocycles. The fourth-order valence-electron chi connectivity index (χ4n) is 1.67. The zero-order valence-corrected chi connectivity index (χ0v) is 17.1. The predicted octanol–water partition coefficient (Wildman–Crippen LogP) is 5.17. The van der Waals surface area contributed by atoms with Gasteiger partial charge in [-0.05, 0) is 37.2 Å². The van der Waals surface area contributed by atoms with Gasteiger partial charge in [0.05, 0.1) is 16.7 Å². The molecule has 0 bridgehead atoms. The molecule has 0 spiro atoms. The zero-order chi connectivity index (χ0) is 20.0. The Labute approximate surface area is 155 Å². The van der Waals surface area contributed by atoms with Gasteiger partial charge in [0.1, 0.15) is 12.7 Å². The summed E-state index contributed by atoms with van der Waals surface area (Å²) in [5.41, 5.74) is 0.204. The number of hydrogen-bond acceptors (Lipinski definition) is 6. The van der Waals surface area contributed by atoms with E-state index in [4.69, 9.17) is 13.9 Å². The highest BCUT2D eigenvalue weighted by Gasteiger charge is 2.37. The largest absolute Gasteiger partial charge is 0.549 e. The first-order valence-corrected chi connectivity index (χ1v) is 11.2. The van der Waals surface area contributed by atoms with E-state index >= 15 is 0 Å². The van der Waals surface area contributed by atoms with Crippen LogP contribution in [-0.4, -0.2) is 25.5 Å². The van der Waals surface area contributed by atoms with Crippen LogP contribution in [0.5, 0.6) is 0 Å². The van der Waals surface area contributed by atoms with E-state index in [1.165, 1.54) is 12.1 Å². The first kappa shape index (κ1) is 21.7. The van der Waals surface area contributed by atoms with E-state index in [1.807, 2.05) is 0 Å². The van der Waals surface area contributed by atoms with Gasteiger partial charge in [-0.2, -0.15) is 0 Å². The van der Waals surface area contributed by atoms with Crippen LogP contribution in [-0.2, 0) is 20.5 Å². The molecule has 0 aliphatic heterocycles. The molecule has 0 saturated carbocycles.